The van der Waals surface area contributed by atoms with Gasteiger partial charge in [0.2, 0.25) is 0 Å². The predicted molar refractivity (Wildman–Crippen MR) is 44.6 cm³/mol. The molecule has 78 valence electrons. The first-order chi connectivity index (χ1) is 7.07. The maximum absolute atomic E-state index is 12.2. The number of aromatic nitrogens is 4. The average Bonchev–Trinajstić information content (AvgIpc) is 2.67. The molecule has 15 heavy (non-hydrogen) atoms. The fraction of sp³-hybridized carbons (Fsp3) is 0.125. The Morgan fingerprint density at radius 3 is 2.33 bits per heavy atom. The van der Waals surface area contributed by atoms with Gasteiger partial charge in [-0.3, -0.25) is 4.98 Å². The highest BCUT2D eigenvalue weighted by Crippen LogP contribution is 2.23. The fourth-order valence-corrected chi connectivity index (χ4v) is 1.04. The van der Waals surface area contributed by atoms with Crippen LogP contribution in [0.25, 0.3) is 11.3 Å². The molecule has 0 fully saturated rings. The normalized spacial score (nSPS) is 11.7. The second kappa shape index (κ2) is 3.34. The summed E-state index contributed by atoms with van der Waals surface area (Å²) >= 11 is 0. The van der Waals surface area contributed by atoms with E-state index in [0.29, 0.717) is 5.56 Å². The van der Waals surface area contributed by atoms with E-state index in [1.165, 1.54) is 12.4 Å². The van der Waals surface area contributed by atoms with Gasteiger partial charge >= 0.3 is 6.30 Å². The van der Waals surface area contributed by atoms with E-state index in [0.717, 1.165) is 6.20 Å². The number of nitrogens with zero attached hydrogens (tertiary/aromatic N) is 4. The third-order valence-electron chi connectivity index (χ3n) is 1.73. The molecule has 0 saturated heterocycles. The second-order valence-electron chi connectivity index (χ2n) is 2.75. The Kier molecular flexibility index (Phi) is 2.14. The largest absolute Gasteiger partial charge is 0.505 e. The van der Waals surface area contributed by atoms with Gasteiger partial charge in [-0.15, -0.1) is 18.3 Å². The maximum atomic E-state index is 12.2. The molecule has 2 rings (SSSR count). The standard InChI is InChI=1S/C8H5F3N4/c9-8(10,11)15-5-7(13-14-15)6-1-3-12-4-2-6/h1-5H. The molecular weight excluding hydrogens is 209 g/mol. The van der Waals surface area contributed by atoms with E-state index in [4.69, 9.17) is 0 Å². The summed E-state index contributed by atoms with van der Waals surface area (Å²) in [4.78, 5) is 3.75. The van der Waals surface area contributed by atoms with Crippen LogP contribution in [0.15, 0.2) is 30.7 Å². The lowest BCUT2D eigenvalue weighted by atomic mass is 10.2. The lowest BCUT2D eigenvalue weighted by molar-refractivity contribution is -0.213. The summed E-state index contributed by atoms with van der Waals surface area (Å²) in [6.45, 7) is 0. The van der Waals surface area contributed by atoms with Gasteiger partial charge in [0.05, 0.1) is 6.20 Å². The minimum atomic E-state index is -4.53. The van der Waals surface area contributed by atoms with Crippen molar-refractivity contribution in [2.75, 3.05) is 0 Å². The summed E-state index contributed by atoms with van der Waals surface area (Å²) in [5, 5.41) is 6.40. The van der Waals surface area contributed by atoms with Gasteiger partial charge in [-0.05, 0) is 12.1 Å². The molecular formula is C8H5F3N4. The van der Waals surface area contributed by atoms with Crippen molar-refractivity contribution in [3.63, 3.8) is 0 Å². The van der Waals surface area contributed by atoms with Crippen LogP contribution in [0.4, 0.5) is 13.2 Å². The number of rotatable bonds is 1. The molecule has 0 bridgehead atoms. The molecule has 2 aromatic heterocycles. The first-order valence-corrected chi connectivity index (χ1v) is 3.97. The van der Waals surface area contributed by atoms with Crippen molar-refractivity contribution in [1.29, 1.82) is 0 Å². The van der Waals surface area contributed by atoms with Crippen LogP contribution in [-0.2, 0) is 6.30 Å². The van der Waals surface area contributed by atoms with Crippen LogP contribution >= 0.6 is 0 Å². The molecule has 0 aliphatic carbocycles. The van der Waals surface area contributed by atoms with Gasteiger partial charge < -0.3 is 0 Å². The van der Waals surface area contributed by atoms with E-state index < -0.39 is 6.30 Å². The van der Waals surface area contributed by atoms with E-state index in [1.54, 1.807) is 12.1 Å². The minimum absolute atomic E-state index is 0.136. The van der Waals surface area contributed by atoms with Crippen molar-refractivity contribution in [3.05, 3.63) is 30.7 Å². The van der Waals surface area contributed by atoms with Gasteiger partial charge in [0.25, 0.3) is 0 Å². The predicted octanol–water partition coefficient (Wildman–Crippen LogP) is 1.82. The number of pyridine rings is 1. The molecule has 7 heteroatoms. The molecule has 0 saturated carbocycles. The number of hydrogen-bond acceptors (Lipinski definition) is 3. The Bertz CT molecular complexity index is 448. The van der Waals surface area contributed by atoms with Gasteiger partial charge in [0.1, 0.15) is 5.69 Å². The molecule has 0 aliphatic rings. The first kappa shape index (κ1) is 9.63. The Morgan fingerprint density at radius 2 is 1.80 bits per heavy atom. The van der Waals surface area contributed by atoms with Crippen molar-refractivity contribution >= 4 is 0 Å². The monoisotopic (exact) mass is 214 g/mol. The SMILES string of the molecule is FC(F)(F)n1cc(-c2ccncc2)nn1. The Morgan fingerprint density at radius 1 is 1.13 bits per heavy atom. The lowest BCUT2D eigenvalue weighted by Crippen LogP contribution is -2.17. The van der Waals surface area contributed by atoms with E-state index in [2.05, 4.69) is 15.3 Å². The number of halogens is 3. The Balaban J connectivity index is 2.37. The lowest BCUT2D eigenvalue weighted by Gasteiger charge is -2.02. The summed E-state index contributed by atoms with van der Waals surface area (Å²) in [6.07, 6.45) is -0.752. The van der Waals surface area contributed by atoms with Gasteiger partial charge in [-0.25, -0.2) is 0 Å². The van der Waals surface area contributed by atoms with Crippen molar-refractivity contribution in [1.82, 2.24) is 20.0 Å². The maximum Gasteiger partial charge on any atom is 0.505 e. The zero-order valence-corrected chi connectivity index (χ0v) is 7.31. The average molecular weight is 214 g/mol. The topological polar surface area (TPSA) is 43.6 Å². The van der Waals surface area contributed by atoms with Crippen LogP contribution in [0.1, 0.15) is 0 Å². The summed E-state index contributed by atoms with van der Waals surface area (Å²) in [5.74, 6) is 0. The van der Waals surface area contributed by atoms with Crippen LogP contribution in [0.3, 0.4) is 0 Å². The first-order valence-electron chi connectivity index (χ1n) is 3.97. The molecule has 0 aliphatic heterocycles. The molecule has 2 heterocycles. The van der Waals surface area contributed by atoms with E-state index in [1.807, 2.05) is 0 Å². The van der Waals surface area contributed by atoms with Crippen LogP contribution in [-0.4, -0.2) is 20.0 Å². The van der Waals surface area contributed by atoms with E-state index in [-0.39, 0.29) is 10.4 Å². The highest BCUT2D eigenvalue weighted by molar-refractivity contribution is 5.56. The fourth-order valence-electron chi connectivity index (χ4n) is 1.04. The Hall–Kier alpha value is -1.92. The molecule has 4 nitrogen and oxygen atoms in total. The molecule has 0 atom stereocenters. The van der Waals surface area contributed by atoms with Crippen molar-refractivity contribution in [2.45, 2.75) is 6.30 Å². The van der Waals surface area contributed by atoms with Gasteiger partial charge in [-0.1, -0.05) is 5.21 Å². The van der Waals surface area contributed by atoms with Gasteiger partial charge in [0, 0.05) is 18.0 Å². The van der Waals surface area contributed by atoms with Crippen LogP contribution in [0.5, 0.6) is 0 Å². The van der Waals surface area contributed by atoms with Crippen LogP contribution < -0.4 is 0 Å². The van der Waals surface area contributed by atoms with Crippen LogP contribution in [0.2, 0.25) is 0 Å². The Labute approximate surface area is 82.4 Å². The minimum Gasteiger partial charge on any atom is -0.265 e. The highest BCUT2D eigenvalue weighted by Gasteiger charge is 2.32. The number of hydrogen-bond donors (Lipinski definition) is 0. The highest BCUT2D eigenvalue weighted by atomic mass is 19.4. The molecule has 2 aromatic rings. The molecule has 0 spiro atoms. The van der Waals surface area contributed by atoms with Crippen molar-refractivity contribution in [3.8, 4) is 11.3 Å². The third-order valence-corrected chi connectivity index (χ3v) is 1.73. The van der Waals surface area contributed by atoms with Gasteiger partial charge in [-0.2, -0.15) is 4.68 Å². The molecule has 0 aromatic carbocycles. The summed E-state index contributed by atoms with van der Waals surface area (Å²) in [5.41, 5.74) is 0.704. The molecule has 0 amide bonds. The summed E-state index contributed by atoms with van der Waals surface area (Å²) in [6, 6.07) is 3.12. The zero-order chi connectivity index (χ0) is 10.9. The molecule has 0 unspecified atom stereocenters. The quantitative estimate of drug-likeness (QED) is 0.727. The zero-order valence-electron chi connectivity index (χ0n) is 7.31. The molecule has 0 radical (unpaired) electrons. The summed E-state index contributed by atoms with van der Waals surface area (Å²) in [7, 11) is 0. The van der Waals surface area contributed by atoms with E-state index in [9.17, 15) is 13.2 Å². The number of alkyl halides is 3. The van der Waals surface area contributed by atoms with E-state index >= 15 is 0 Å². The van der Waals surface area contributed by atoms with Gasteiger partial charge in [0.15, 0.2) is 0 Å². The summed E-state index contributed by atoms with van der Waals surface area (Å²) < 4.78 is 36.4. The van der Waals surface area contributed by atoms with Crippen LogP contribution in [0, 0.1) is 0 Å². The second-order valence-corrected chi connectivity index (χ2v) is 2.75. The molecule has 0 N–H and O–H groups in total. The third kappa shape index (κ3) is 1.95. The smallest absolute Gasteiger partial charge is 0.265 e. The van der Waals surface area contributed by atoms with Crippen molar-refractivity contribution in [2.24, 2.45) is 0 Å². The van der Waals surface area contributed by atoms with Crippen molar-refractivity contribution < 1.29 is 13.2 Å².